The third-order valence-electron chi connectivity index (χ3n) is 3.63. The molecular weight excluding hydrogens is 352 g/mol. The van der Waals surface area contributed by atoms with Gasteiger partial charge < -0.3 is 10.6 Å². The van der Waals surface area contributed by atoms with Crippen molar-refractivity contribution in [2.45, 2.75) is 51.1 Å². The number of nitrogens with one attached hydrogen (secondary N) is 2. The number of rotatable bonds is 5. The van der Waals surface area contributed by atoms with E-state index in [1.807, 2.05) is 12.1 Å². The summed E-state index contributed by atoms with van der Waals surface area (Å²) in [5, 5.41) is 6.52. The highest BCUT2D eigenvalue weighted by molar-refractivity contribution is 9.10. The van der Waals surface area contributed by atoms with E-state index < -0.39 is 0 Å². The van der Waals surface area contributed by atoms with E-state index in [4.69, 9.17) is 0 Å². The molecule has 0 aliphatic carbocycles. The first-order valence-electron chi connectivity index (χ1n) is 7.23. The number of carbonyl (C=O) groups excluding carboxylic acids is 1. The molecule has 1 unspecified atom stereocenters. The van der Waals surface area contributed by atoms with E-state index in [0.29, 0.717) is 12.5 Å². The minimum absolute atomic E-state index is 0. The number of amides is 1. The second-order valence-corrected chi connectivity index (χ2v) is 7.15. The summed E-state index contributed by atoms with van der Waals surface area (Å²) in [5.74, 6) is 0.145. The molecule has 21 heavy (non-hydrogen) atoms. The fourth-order valence-corrected chi connectivity index (χ4v) is 3.00. The van der Waals surface area contributed by atoms with E-state index in [1.54, 1.807) is 0 Å². The highest BCUT2D eigenvalue weighted by Crippen LogP contribution is 2.17. The second kappa shape index (κ2) is 8.16. The van der Waals surface area contributed by atoms with Crippen LogP contribution in [0.4, 0.5) is 0 Å². The van der Waals surface area contributed by atoms with Crippen LogP contribution in [-0.4, -0.2) is 24.0 Å². The van der Waals surface area contributed by atoms with Crippen molar-refractivity contribution < 1.29 is 4.79 Å². The standard InChI is InChI=1S/C16H23BrN2O.ClH/c1-16(2,11-12-5-7-13(17)8-6-12)19-15(20)10-14-4-3-9-18-14;/h5-8,14,18H,3-4,9-11H2,1-2H3,(H,19,20);1H. The summed E-state index contributed by atoms with van der Waals surface area (Å²) in [7, 11) is 0. The van der Waals surface area contributed by atoms with Gasteiger partial charge in [-0.3, -0.25) is 4.79 Å². The Morgan fingerprint density at radius 1 is 1.38 bits per heavy atom. The molecule has 2 rings (SSSR count). The zero-order valence-electron chi connectivity index (χ0n) is 12.6. The molecule has 1 saturated heterocycles. The van der Waals surface area contributed by atoms with Gasteiger partial charge in [0.25, 0.3) is 0 Å². The summed E-state index contributed by atoms with van der Waals surface area (Å²) in [5.41, 5.74) is 1.02. The van der Waals surface area contributed by atoms with Gasteiger partial charge in [0.2, 0.25) is 5.91 Å². The molecule has 1 aliphatic rings. The first-order valence-corrected chi connectivity index (χ1v) is 8.03. The van der Waals surface area contributed by atoms with E-state index >= 15 is 0 Å². The number of carbonyl (C=O) groups is 1. The number of hydrogen-bond acceptors (Lipinski definition) is 2. The van der Waals surface area contributed by atoms with Crippen LogP contribution in [0, 0.1) is 0 Å². The van der Waals surface area contributed by atoms with Crippen LogP contribution in [-0.2, 0) is 11.2 Å². The largest absolute Gasteiger partial charge is 0.351 e. The third kappa shape index (κ3) is 6.37. The zero-order valence-corrected chi connectivity index (χ0v) is 15.0. The quantitative estimate of drug-likeness (QED) is 0.827. The van der Waals surface area contributed by atoms with E-state index in [2.05, 4.69) is 52.5 Å². The molecular formula is C16H24BrClN2O. The van der Waals surface area contributed by atoms with Crippen molar-refractivity contribution in [3.63, 3.8) is 0 Å². The second-order valence-electron chi connectivity index (χ2n) is 6.23. The average molecular weight is 376 g/mol. The SMILES string of the molecule is CC(C)(Cc1ccc(Br)cc1)NC(=O)CC1CCCN1.Cl. The predicted octanol–water partition coefficient (Wildman–Crippen LogP) is 3.45. The fourth-order valence-electron chi connectivity index (χ4n) is 2.74. The average Bonchev–Trinajstić information content (AvgIpc) is 2.83. The molecule has 1 aromatic carbocycles. The van der Waals surface area contributed by atoms with Crippen LogP contribution in [0.3, 0.4) is 0 Å². The monoisotopic (exact) mass is 374 g/mol. The Bertz CT molecular complexity index is 456. The molecule has 3 nitrogen and oxygen atoms in total. The van der Waals surface area contributed by atoms with Crippen molar-refractivity contribution in [1.82, 2.24) is 10.6 Å². The molecule has 0 radical (unpaired) electrons. The fraction of sp³-hybridized carbons (Fsp3) is 0.562. The summed E-state index contributed by atoms with van der Waals surface area (Å²) >= 11 is 3.44. The Labute approximate surface area is 141 Å². The Balaban J connectivity index is 0.00000220. The van der Waals surface area contributed by atoms with Crippen LogP contribution in [0.2, 0.25) is 0 Å². The molecule has 1 heterocycles. The van der Waals surface area contributed by atoms with E-state index in [0.717, 1.165) is 23.9 Å². The van der Waals surface area contributed by atoms with Gasteiger partial charge in [0.15, 0.2) is 0 Å². The van der Waals surface area contributed by atoms with Crippen molar-refractivity contribution in [2.24, 2.45) is 0 Å². The summed E-state index contributed by atoms with van der Waals surface area (Å²) in [4.78, 5) is 12.1. The van der Waals surface area contributed by atoms with E-state index in [-0.39, 0.29) is 23.9 Å². The lowest BCUT2D eigenvalue weighted by Gasteiger charge is -2.27. The third-order valence-corrected chi connectivity index (χ3v) is 4.16. The lowest BCUT2D eigenvalue weighted by Crippen LogP contribution is -2.46. The molecule has 1 aliphatic heterocycles. The maximum atomic E-state index is 12.1. The van der Waals surface area contributed by atoms with Gasteiger partial charge in [-0.05, 0) is 57.4 Å². The topological polar surface area (TPSA) is 41.1 Å². The van der Waals surface area contributed by atoms with Gasteiger partial charge >= 0.3 is 0 Å². The molecule has 1 atom stereocenters. The van der Waals surface area contributed by atoms with Gasteiger partial charge in [-0.2, -0.15) is 0 Å². The Hall–Kier alpha value is -0.580. The van der Waals surface area contributed by atoms with Crippen molar-refractivity contribution in [1.29, 1.82) is 0 Å². The van der Waals surface area contributed by atoms with Crippen molar-refractivity contribution in [3.8, 4) is 0 Å². The van der Waals surface area contributed by atoms with Crippen LogP contribution >= 0.6 is 28.3 Å². The molecule has 1 aromatic rings. The first kappa shape index (κ1) is 18.5. The van der Waals surface area contributed by atoms with Crippen molar-refractivity contribution >= 4 is 34.2 Å². The van der Waals surface area contributed by atoms with Gasteiger partial charge in [-0.25, -0.2) is 0 Å². The van der Waals surface area contributed by atoms with Crippen LogP contribution in [0.25, 0.3) is 0 Å². The Morgan fingerprint density at radius 3 is 2.62 bits per heavy atom. The lowest BCUT2D eigenvalue weighted by atomic mass is 9.94. The molecule has 1 amide bonds. The summed E-state index contributed by atoms with van der Waals surface area (Å²) in [6.07, 6.45) is 3.72. The van der Waals surface area contributed by atoms with Gasteiger partial charge in [-0.1, -0.05) is 28.1 Å². The molecule has 0 aromatic heterocycles. The van der Waals surface area contributed by atoms with Crippen LogP contribution < -0.4 is 10.6 Å². The summed E-state index contributed by atoms with van der Waals surface area (Å²) < 4.78 is 1.08. The molecule has 5 heteroatoms. The zero-order chi connectivity index (χ0) is 14.6. The highest BCUT2D eigenvalue weighted by Gasteiger charge is 2.24. The smallest absolute Gasteiger partial charge is 0.221 e. The van der Waals surface area contributed by atoms with Gasteiger partial charge in [0, 0.05) is 22.5 Å². The summed E-state index contributed by atoms with van der Waals surface area (Å²) in [6, 6.07) is 8.62. The minimum Gasteiger partial charge on any atom is -0.351 e. The van der Waals surface area contributed by atoms with Crippen LogP contribution in [0.15, 0.2) is 28.7 Å². The van der Waals surface area contributed by atoms with Crippen LogP contribution in [0.1, 0.15) is 38.7 Å². The van der Waals surface area contributed by atoms with Gasteiger partial charge in [0.05, 0.1) is 0 Å². The van der Waals surface area contributed by atoms with Crippen molar-refractivity contribution in [3.05, 3.63) is 34.3 Å². The molecule has 0 spiro atoms. The normalized spacial score (nSPS) is 18.1. The highest BCUT2D eigenvalue weighted by atomic mass is 79.9. The number of hydrogen-bond donors (Lipinski definition) is 2. The maximum Gasteiger partial charge on any atom is 0.221 e. The van der Waals surface area contributed by atoms with Crippen molar-refractivity contribution in [2.75, 3.05) is 6.54 Å². The van der Waals surface area contributed by atoms with E-state index in [9.17, 15) is 4.79 Å². The minimum atomic E-state index is -0.219. The number of benzene rings is 1. The maximum absolute atomic E-state index is 12.1. The summed E-state index contributed by atoms with van der Waals surface area (Å²) in [6.45, 7) is 5.20. The molecule has 1 fully saturated rings. The molecule has 0 bridgehead atoms. The predicted molar refractivity (Wildman–Crippen MR) is 93.0 cm³/mol. The lowest BCUT2D eigenvalue weighted by molar-refractivity contribution is -0.123. The first-order chi connectivity index (χ1) is 9.44. The van der Waals surface area contributed by atoms with Gasteiger partial charge in [-0.15, -0.1) is 12.4 Å². The van der Waals surface area contributed by atoms with Gasteiger partial charge in [0.1, 0.15) is 0 Å². The molecule has 0 saturated carbocycles. The van der Waals surface area contributed by atoms with Crippen LogP contribution in [0.5, 0.6) is 0 Å². The molecule has 2 N–H and O–H groups in total. The Morgan fingerprint density at radius 2 is 2.05 bits per heavy atom. The number of halogens is 2. The molecule has 118 valence electrons. The van der Waals surface area contributed by atoms with E-state index in [1.165, 1.54) is 12.0 Å². The Kier molecular flexibility index (Phi) is 7.17.